The van der Waals surface area contributed by atoms with Gasteiger partial charge in [0.05, 0.1) is 11.7 Å². The molecule has 1 unspecified atom stereocenters. The van der Waals surface area contributed by atoms with E-state index in [1.54, 1.807) is 0 Å². The Bertz CT molecular complexity index is 434. The monoisotopic (exact) mass is 310 g/mol. The van der Waals surface area contributed by atoms with Crippen molar-refractivity contribution in [2.75, 3.05) is 11.4 Å². The van der Waals surface area contributed by atoms with Gasteiger partial charge in [0.25, 0.3) is 0 Å². The average molecular weight is 311 g/mol. The van der Waals surface area contributed by atoms with E-state index >= 15 is 0 Å². The first-order valence-electron chi connectivity index (χ1n) is 6.41. The molecule has 4 heteroatoms. The molecule has 1 N–H and O–H groups in total. The first kappa shape index (κ1) is 13.6. The fourth-order valence-corrected chi connectivity index (χ4v) is 2.84. The molecule has 2 rings (SSSR count). The Labute approximate surface area is 117 Å². The second-order valence-electron chi connectivity index (χ2n) is 4.96. The molecule has 1 aromatic rings. The first-order valence-corrected chi connectivity index (χ1v) is 7.21. The molecule has 1 aromatic carbocycles. The minimum absolute atomic E-state index is 0.0501. The van der Waals surface area contributed by atoms with Gasteiger partial charge in [-0.15, -0.1) is 0 Å². The van der Waals surface area contributed by atoms with Gasteiger partial charge in [-0.1, -0.05) is 26.0 Å². The van der Waals surface area contributed by atoms with Crippen LogP contribution in [0, 0.1) is 0 Å². The third kappa shape index (κ3) is 2.93. The van der Waals surface area contributed by atoms with Crippen molar-refractivity contribution < 1.29 is 4.79 Å². The van der Waals surface area contributed by atoms with E-state index in [1.807, 2.05) is 29.2 Å². The molecular formula is C14H19BrN2O. The molecule has 0 bridgehead atoms. The number of benzene rings is 1. The van der Waals surface area contributed by atoms with Crippen LogP contribution in [-0.2, 0) is 4.79 Å². The van der Waals surface area contributed by atoms with Crippen molar-refractivity contribution in [1.82, 2.24) is 5.32 Å². The first-order chi connectivity index (χ1) is 8.59. The molecule has 18 heavy (non-hydrogen) atoms. The topological polar surface area (TPSA) is 32.3 Å². The Balaban J connectivity index is 2.19. The van der Waals surface area contributed by atoms with Crippen LogP contribution in [0.4, 0.5) is 5.69 Å². The second-order valence-corrected chi connectivity index (χ2v) is 5.81. The number of hydrogen-bond donors (Lipinski definition) is 1. The minimum Gasteiger partial charge on any atom is -0.310 e. The number of nitrogens with zero attached hydrogens (tertiary/aromatic N) is 1. The molecule has 0 saturated carbocycles. The van der Waals surface area contributed by atoms with Crippen LogP contribution in [0.2, 0.25) is 0 Å². The SMILES string of the molecule is CC(C)NC1CCCN(c2ccccc2Br)C1=O. The number of nitrogens with one attached hydrogen (secondary N) is 1. The van der Waals surface area contributed by atoms with Gasteiger partial charge >= 0.3 is 0 Å². The summed E-state index contributed by atoms with van der Waals surface area (Å²) >= 11 is 3.52. The van der Waals surface area contributed by atoms with Crippen LogP contribution in [0.3, 0.4) is 0 Å². The van der Waals surface area contributed by atoms with Gasteiger partial charge in [0, 0.05) is 17.1 Å². The Morgan fingerprint density at radius 3 is 2.78 bits per heavy atom. The number of rotatable bonds is 3. The van der Waals surface area contributed by atoms with Gasteiger partial charge in [-0.2, -0.15) is 0 Å². The van der Waals surface area contributed by atoms with Crippen LogP contribution in [0.5, 0.6) is 0 Å². The molecule has 1 heterocycles. The van der Waals surface area contributed by atoms with Crippen molar-refractivity contribution in [3.8, 4) is 0 Å². The summed E-state index contributed by atoms with van der Waals surface area (Å²) in [5.74, 6) is 0.182. The van der Waals surface area contributed by atoms with Crippen LogP contribution < -0.4 is 10.2 Å². The number of carbonyl (C=O) groups is 1. The molecule has 1 saturated heterocycles. The average Bonchev–Trinajstić information content (AvgIpc) is 2.32. The highest BCUT2D eigenvalue weighted by atomic mass is 79.9. The van der Waals surface area contributed by atoms with Crippen LogP contribution in [0.1, 0.15) is 26.7 Å². The molecule has 1 aliphatic rings. The van der Waals surface area contributed by atoms with E-state index in [2.05, 4.69) is 35.1 Å². The van der Waals surface area contributed by atoms with Crippen LogP contribution in [-0.4, -0.2) is 24.5 Å². The zero-order valence-corrected chi connectivity index (χ0v) is 12.4. The van der Waals surface area contributed by atoms with Crippen molar-refractivity contribution in [1.29, 1.82) is 0 Å². The zero-order chi connectivity index (χ0) is 13.1. The van der Waals surface area contributed by atoms with Gasteiger partial charge in [-0.25, -0.2) is 0 Å². The van der Waals surface area contributed by atoms with Crippen LogP contribution in [0.15, 0.2) is 28.7 Å². The fraction of sp³-hybridized carbons (Fsp3) is 0.500. The number of hydrogen-bond acceptors (Lipinski definition) is 2. The lowest BCUT2D eigenvalue weighted by molar-refractivity contribution is -0.121. The number of amides is 1. The smallest absolute Gasteiger partial charge is 0.244 e. The second kappa shape index (κ2) is 5.85. The van der Waals surface area contributed by atoms with Crippen molar-refractivity contribution in [2.24, 2.45) is 0 Å². The summed E-state index contributed by atoms with van der Waals surface area (Å²) in [7, 11) is 0. The van der Waals surface area contributed by atoms with E-state index in [0.29, 0.717) is 6.04 Å². The summed E-state index contributed by atoms with van der Waals surface area (Å²) in [4.78, 5) is 14.3. The van der Waals surface area contributed by atoms with Crippen molar-refractivity contribution in [3.63, 3.8) is 0 Å². The Hall–Kier alpha value is -0.870. The lowest BCUT2D eigenvalue weighted by atomic mass is 10.0. The minimum atomic E-state index is -0.0501. The number of anilines is 1. The Morgan fingerprint density at radius 1 is 1.39 bits per heavy atom. The van der Waals surface area contributed by atoms with E-state index in [-0.39, 0.29) is 11.9 Å². The summed E-state index contributed by atoms with van der Waals surface area (Å²) in [5.41, 5.74) is 0.970. The lowest BCUT2D eigenvalue weighted by Crippen LogP contribution is -2.52. The maximum atomic E-state index is 12.5. The van der Waals surface area contributed by atoms with E-state index < -0.39 is 0 Å². The summed E-state index contributed by atoms with van der Waals surface area (Å²) < 4.78 is 0.976. The van der Waals surface area contributed by atoms with E-state index in [1.165, 1.54) is 0 Å². The molecule has 0 aromatic heterocycles. The highest BCUT2D eigenvalue weighted by molar-refractivity contribution is 9.10. The summed E-state index contributed by atoms with van der Waals surface area (Å²) in [6.07, 6.45) is 1.97. The molecule has 0 radical (unpaired) electrons. The van der Waals surface area contributed by atoms with Gasteiger partial charge in [0.15, 0.2) is 0 Å². The van der Waals surface area contributed by atoms with E-state index in [9.17, 15) is 4.79 Å². The highest BCUT2D eigenvalue weighted by Gasteiger charge is 2.30. The maximum Gasteiger partial charge on any atom is 0.244 e. The molecule has 1 aliphatic heterocycles. The molecule has 1 fully saturated rings. The molecule has 98 valence electrons. The van der Waals surface area contributed by atoms with Gasteiger partial charge in [-0.3, -0.25) is 4.79 Å². The normalized spacial score (nSPS) is 20.6. The van der Waals surface area contributed by atoms with Gasteiger partial charge in [-0.05, 0) is 40.9 Å². The molecule has 0 aliphatic carbocycles. The Morgan fingerprint density at radius 2 is 2.11 bits per heavy atom. The fourth-order valence-electron chi connectivity index (χ4n) is 2.34. The Kier molecular flexibility index (Phi) is 4.40. The third-order valence-corrected chi connectivity index (χ3v) is 3.79. The van der Waals surface area contributed by atoms with Crippen molar-refractivity contribution in [3.05, 3.63) is 28.7 Å². The van der Waals surface area contributed by atoms with Crippen molar-refractivity contribution >= 4 is 27.5 Å². The molecule has 1 atom stereocenters. The summed E-state index contributed by atoms with van der Waals surface area (Å²) in [5, 5.41) is 3.34. The van der Waals surface area contributed by atoms with Gasteiger partial charge < -0.3 is 10.2 Å². The number of para-hydroxylation sites is 1. The molecule has 0 spiro atoms. The standard InChI is InChI=1S/C14H19BrN2O/c1-10(2)16-12-7-5-9-17(14(12)18)13-8-4-3-6-11(13)15/h3-4,6,8,10,12,16H,5,7,9H2,1-2H3. The van der Waals surface area contributed by atoms with Crippen LogP contribution >= 0.6 is 15.9 Å². The summed E-state index contributed by atoms with van der Waals surface area (Å²) in [6.45, 7) is 4.95. The molecule has 3 nitrogen and oxygen atoms in total. The molecule has 1 amide bonds. The third-order valence-electron chi connectivity index (χ3n) is 3.12. The number of carbonyl (C=O) groups excluding carboxylic acids is 1. The predicted octanol–water partition coefficient (Wildman–Crippen LogP) is 2.94. The molecular weight excluding hydrogens is 292 g/mol. The van der Waals surface area contributed by atoms with Gasteiger partial charge in [0.1, 0.15) is 0 Å². The van der Waals surface area contributed by atoms with E-state index in [0.717, 1.165) is 29.5 Å². The highest BCUT2D eigenvalue weighted by Crippen LogP contribution is 2.28. The number of halogens is 1. The van der Waals surface area contributed by atoms with E-state index in [4.69, 9.17) is 0 Å². The zero-order valence-electron chi connectivity index (χ0n) is 10.8. The maximum absolute atomic E-state index is 12.5. The predicted molar refractivity (Wildman–Crippen MR) is 77.8 cm³/mol. The largest absolute Gasteiger partial charge is 0.310 e. The quantitative estimate of drug-likeness (QED) is 0.931. The summed E-state index contributed by atoms with van der Waals surface area (Å²) in [6, 6.07) is 8.17. The van der Waals surface area contributed by atoms with Crippen LogP contribution in [0.25, 0.3) is 0 Å². The number of piperidine rings is 1. The lowest BCUT2D eigenvalue weighted by Gasteiger charge is -2.34. The van der Waals surface area contributed by atoms with Crippen molar-refractivity contribution in [2.45, 2.75) is 38.8 Å². The van der Waals surface area contributed by atoms with Gasteiger partial charge in [0.2, 0.25) is 5.91 Å².